The highest BCUT2D eigenvalue weighted by Gasteiger charge is 2.21. The molecule has 1 aromatic heterocycles. The first-order valence-corrected chi connectivity index (χ1v) is 12.6. The van der Waals surface area contributed by atoms with Crippen LogP contribution in [-0.4, -0.2) is 4.57 Å². The van der Waals surface area contributed by atoms with E-state index in [0.717, 1.165) is 11.4 Å². The van der Waals surface area contributed by atoms with Gasteiger partial charge in [0.15, 0.2) is 0 Å². The number of anilines is 3. The van der Waals surface area contributed by atoms with E-state index in [0.29, 0.717) is 0 Å². The summed E-state index contributed by atoms with van der Waals surface area (Å²) in [6, 6.07) is 45.7. The van der Waals surface area contributed by atoms with E-state index in [2.05, 4.69) is 158 Å². The Bertz CT molecular complexity index is 1640. The molecule has 6 rings (SSSR count). The summed E-state index contributed by atoms with van der Waals surface area (Å²) in [5.74, 6) is 0. The molecule has 0 atom stereocenters. The van der Waals surface area contributed by atoms with Crippen LogP contribution in [0.4, 0.5) is 17.1 Å². The minimum atomic E-state index is 0.110. The summed E-state index contributed by atoms with van der Waals surface area (Å²) in [4.78, 5) is 2.39. The summed E-state index contributed by atoms with van der Waals surface area (Å²) in [5, 5.41) is 2.50. The summed E-state index contributed by atoms with van der Waals surface area (Å²) in [6.07, 6.45) is 0. The largest absolute Gasteiger partial charge is 0.310 e. The van der Waals surface area contributed by atoms with Gasteiger partial charge < -0.3 is 9.47 Å². The van der Waals surface area contributed by atoms with Crippen molar-refractivity contribution in [3.63, 3.8) is 0 Å². The monoisotopic (exact) mass is 466 g/mol. The zero-order valence-electron chi connectivity index (χ0n) is 21.0. The molecule has 36 heavy (non-hydrogen) atoms. The van der Waals surface area contributed by atoms with Gasteiger partial charge in [0, 0.05) is 27.8 Å². The van der Waals surface area contributed by atoms with Crippen LogP contribution < -0.4 is 4.90 Å². The molecule has 0 aliphatic heterocycles. The van der Waals surface area contributed by atoms with Crippen molar-refractivity contribution in [1.29, 1.82) is 0 Å². The van der Waals surface area contributed by atoms with Crippen LogP contribution in [0, 0.1) is 0 Å². The highest BCUT2D eigenvalue weighted by Crippen LogP contribution is 2.43. The molecule has 2 nitrogen and oxygen atoms in total. The van der Waals surface area contributed by atoms with Gasteiger partial charge in [0.05, 0.1) is 16.7 Å². The van der Waals surface area contributed by atoms with E-state index in [1.54, 1.807) is 0 Å². The summed E-state index contributed by atoms with van der Waals surface area (Å²) in [5.41, 5.74) is 8.49. The van der Waals surface area contributed by atoms with Gasteiger partial charge in [0.1, 0.15) is 0 Å². The van der Waals surface area contributed by atoms with Gasteiger partial charge in [-0.2, -0.15) is 0 Å². The highest BCUT2D eigenvalue weighted by atomic mass is 15.1. The quantitative estimate of drug-likeness (QED) is 0.251. The second-order valence-electron chi connectivity index (χ2n) is 10.3. The zero-order valence-corrected chi connectivity index (χ0v) is 21.0. The van der Waals surface area contributed by atoms with Crippen molar-refractivity contribution in [3.05, 3.63) is 133 Å². The molecule has 2 heteroatoms. The molecule has 0 unspecified atom stereocenters. The Morgan fingerprint density at radius 1 is 0.528 bits per heavy atom. The van der Waals surface area contributed by atoms with Crippen LogP contribution in [0.1, 0.15) is 26.3 Å². The molecule has 0 bridgehead atoms. The van der Waals surface area contributed by atoms with Gasteiger partial charge in [-0.05, 0) is 65.6 Å². The molecule has 176 valence electrons. The standard InChI is InChI=1S/C34H30N2/c1-34(2,3)25-21-23-28(24-22-25)35(26-13-6-4-7-14-26)31-19-12-20-32-33(31)29-17-10-11-18-30(29)36(32)27-15-8-5-9-16-27/h4-24H,1-3H3. The van der Waals surface area contributed by atoms with E-state index >= 15 is 0 Å². The van der Waals surface area contributed by atoms with Crippen molar-refractivity contribution in [2.45, 2.75) is 26.2 Å². The normalized spacial score (nSPS) is 11.8. The lowest BCUT2D eigenvalue weighted by atomic mass is 9.87. The number of nitrogens with zero attached hydrogens (tertiary/aromatic N) is 2. The third kappa shape index (κ3) is 3.76. The molecule has 0 aliphatic carbocycles. The first kappa shape index (κ1) is 22.2. The molecule has 0 fully saturated rings. The van der Waals surface area contributed by atoms with Crippen molar-refractivity contribution < 1.29 is 0 Å². The fourth-order valence-corrected chi connectivity index (χ4v) is 5.16. The average molecular weight is 467 g/mol. The fraction of sp³-hybridized carbons (Fsp3) is 0.118. The van der Waals surface area contributed by atoms with Crippen molar-refractivity contribution in [2.24, 2.45) is 0 Å². The van der Waals surface area contributed by atoms with Crippen molar-refractivity contribution in [3.8, 4) is 5.69 Å². The average Bonchev–Trinajstić information content (AvgIpc) is 3.25. The second kappa shape index (κ2) is 8.73. The molecular formula is C34H30N2. The topological polar surface area (TPSA) is 8.17 Å². The second-order valence-corrected chi connectivity index (χ2v) is 10.3. The Morgan fingerprint density at radius 2 is 1.11 bits per heavy atom. The van der Waals surface area contributed by atoms with Gasteiger partial charge in [-0.15, -0.1) is 0 Å². The molecule has 6 aromatic rings. The number of aromatic nitrogens is 1. The lowest BCUT2D eigenvalue weighted by molar-refractivity contribution is 0.590. The van der Waals surface area contributed by atoms with E-state index in [-0.39, 0.29) is 5.41 Å². The molecule has 0 N–H and O–H groups in total. The first-order chi connectivity index (χ1) is 17.5. The maximum Gasteiger partial charge on any atom is 0.0562 e. The third-order valence-electron chi connectivity index (χ3n) is 6.94. The van der Waals surface area contributed by atoms with Crippen LogP contribution in [0.25, 0.3) is 27.5 Å². The van der Waals surface area contributed by atoms with Gasteiger partial charge in [-0.1, -0.05) is 93.6 Å². The van der Waals surface area contributed by atoms with Crippen LogP contribution in [0.2, 0.25) is 0 Å². The van der Waals surface area contributed by atoms with Crippen molar-refractivity contribution in [2.75, 3.05) is 4.90 Å². The number of hydrogen-bond donors (Lipinski definition) is 0. The Morgan fingerprint density at radius 3 is 1.81 bits per heavy atom. The van der Waals surface area contributed by atoms with Crippen LogP contribution in [0.15, 0.2) is 127 Å². The van der Waals surface area contributed by atoms with Gasteiger partial charge in [-0.3, -0.25) is 0 Å². The Balaban J connectivity index is 1.65. The van der Waals surface area contributed by atoms with E-state index in [9.17, 15) is 0 Å². The number of rotatable bonds is 4. The van der Waals surface area contributed by atoms with Gasteiger partial charge >= 0.3 is 0 Å². The van der Waals surface area contributed by atoms with Crippen LogP contribution in [0.3, 0.4) is 0 Å². The first-order valence-electron chi connectivity index (χ1n) is 12.6. The lowest BCUT2D eigenvalue weighted by Gasteiger charge is -2.27. The molecule has 0 saturated heterocycles. The van der Waals surface area contributed by atoms with E-state index in [4.69, 9.17) is 0 Å². The predicted molar refractivity (Wildman–Crippen MR) is 154 cm³/mol. The molecule has 0 radical (unpaired) electrons. The summed E-state index contributed by atoms with van der Waals surface area (Å²) in [6.45, 7) is 6.78. The van der Waals surface area contributed by atoms with Crippen LogP contribution in [0.5, 0.6) is 0 Å². The summed E-state index contributed by atoms with van der Waals surface area (Å²) in [7, 11) is 0. The Kier molecular flexibility index (Phi) is 5.38. The summed E-state index contributed by atoms with van der Waals surface area (Å²) >= 11 is 0. The lowest BCUT2D eigenvalue weighted by Crippen LogP contribution is -2.13. The van der Waals surface area contributed by atoms with Crippen molar-refractivity contribution >= 4 is 38.9 Å². The molecule has 0 amide bonds. The molecule has 0 aliphatic rings. The minimum absolute atomic E-state index is 0.110. The molecular weight excluding hydrogens is 436 g/mol. The van der Waals surface area contributed by atoms with Crippen molar-refractivity contribution in [1.82, 2.24) is 4.57 Å². The van der Waals surface area contributed by atoms with Crippen LogP contribution >= 0.6 is 0 Å². The maximum absolute atomic E-state index is 2.39. The Hall–Kier alpha value is -4.30. The maximum atomic E-state index is 2.39. The number of para-hydroxylation sites is 3. The van der Waals surface area contributed by atoms with E-state index in [1.807, 2.05) is 0 Å². The smallest absolute Gasteiger partial charge is 0.0562 e. The molecule has 1 heterocycles. The molecule has 0 spiro atoms. The molecule has 0 saturated carbocycles. The van der Waals surface area contributed by atoms with E-state index < -0.39 is 0 Å². The number of hydrogen-bond acceptors (Lipinski definition) is 1. The minimum Gasteiger partial charge on any atom is -0.310 e. The van der Waals surface area contributed by atoms with Gasteiger partial charge in [-0.25, -0.2) is 0 Å². The fourth-order valence-electron chi connectivity index (χ4n) is 5.16. The van der Waals surface area contributed by atoms with E-state index in [1.165, 1.54) is 38.7 Å². The SMILES string of the molecule is CC(C)(C)c1ccc(N(c2ccccc2)c2cccc3c2c2ccccc2n3-c2ccccc2)cc1. The Labute approximate surface area is 213 Å². The van der Waals surface area contributed by atoms with Crippen LogP contribution in [-0.2, 0) is 5.41 Å². The van der Waals surface area contributed by atoms with Gasteiger partial charge in [0.25, 0.3) is 0 Å². The third-order valence-corrected chi connectivity index (χ3v) is 6.94. The summed E-state index contributed by atoms with van der Waals surface area (Å²) < 4.78 is 2.38. The predicted octanol–water partition coefficient (Wildman–Crippen LogP) is 9.55. The highest BCUT2D eigenvalue weighted by molar-refractivity contribution is 6.16. The van der Waals surface area contributed by atoms with Gasteiger partial charge in [0.2, 0.25) is 0 Å². The number of fused-ring (bicyclic) bond motifs is 3. The number of benzene rings is 5. The molecule has 5 aromatic carbocycles. The zero-order chi connectivity index (χ0) is 24.7.